The Labute approximate surface area is 183 Å². The van der Waals surface area contributed by atoms with Crippen LogP contribution in [0.2, 0.25) is 0 Å². The zero-order chi connectivity index (χ0) is 21.7. The molecule has 30 heavy (non-hydrogen) atoms. The molecule has 1 unspecified atom stereocenters. The maximum atomic E-state index is 10.4. The topological polar surface area (TPSA) is 72.6 Å². The summed E-state index contributed by atoms with van der Waals surface area (Å²) in [6.45, 7) is 2.17. The molecule has 4 nitrogen and oxygen atoms in total. The monoisotopic (exact) mass is 429 g/mol. The van der Waals surface area contributed by atoms with Crippen LogP contribution in [0, 0.1) is 0 Å². The molecule has 0 radical (unpaired) electrons. The second-order valence-corrected chi connectivity index (χ2v) is 8.69. The Balaban J connectivity index is 1.78. The number of aryl methyl sites for hydroxylation is 2. The molecule has 0 saturated carbocycles. The zero-order valence-electron chi connectivity index (χ0n) is 18.2. The van der Waals surface area contributed by atoms with Crippen LogP contribution >= 0.6 is 8.69 Å². The lowest BCUT2D eigenvalue weighted by Crippen LogP contribution is -2.47. The van der Waals surface area contributed by atoms with Crippen LogP contribution in [0.25, 0.3) is 11.1 Å². The minimum atomic E-state index is -0.816. The van der Waals surface area contributed by atoms with E-state index in [1.54, 1.807) is 0 Å². The number of benzene rings is 2. The largest absolute Gasteiger partial charge is 0.394 e. The third kappa shape index (κ3) is 8.65. The maximum Gasteiger partial charge on any atom is 0.327 e. The lowest BCUT2D eigenvalue weighted by molar-refractivity contribution is 0.131. The standard InChI is InChI=1S/C25H36NO3P/c1-2-3-4-5-8-21-10-14-23(15-11-21)24-16-12-22(13-17-24)9-6-7-18-25(26,19-27)20-29-30-28/h10-17,27H,2-9,18-20,26H2,1H3. The molecule has 0 spiro atoms. The molecule has 0 aliphatic carbocycles. The number of hydrogen-bond donors (Lipinski definition) is 2. The molecule has 1 atom stereocenters. The molecule has 5 heteroatoms. The van der Waals surface area contributed by atoms with Crippen molar-refractivity contribution in [2.24, 2.45) is 5.73 Å². The van der Waals surface area contributed by atoms with Crippen LogP contribution in [0.5, 0.6) is 0 Å². The third-order valence-electron chi connectivity index (χ3n) is 5.67. The Kier molecular flexibility index (Phi) is 11.2. The van der Waals surface area contributed by atoms with Crippen molar-refractivity contribution in [1.29, 1.82) is 0 Å². The van der Waals surface area contributed by atoms with Gasteiger partial charge in [0.2, 0.25) is 0 Å². The summed E-state index contributed by atoms with van der Waals surface area (Å²) in [4.78, 5) is 0. The van der Waals surface area contributed by atoms with Crippen molar-refractivity contribution < 1.29 is 14.2 Å². The van der Waals surface area contributed by atoms with E-state index in [1.165, 1.54) is 54.4 Å². The van der Waals surface area contributed by atoms with Gasteiger partial charge < -0.3 is 10.8 Å². The van der Waals surface area contributed by atoms with E-state index >= 15 is 0 Å². The third-order valence-corrected chi connectivity index (χ3v) is 5.90. The first-order chi connectivity index (χ1) is 14.6. The fourth-order valence-corrected chi connectivity index (χ4v) is 3.95. The zero-order valence-corrected chi connectivity index (χ0v) is 19.1. The van der Waals surface area contributed by atoms with Crippen LogP contribution in [0.15, 0.2) is 48.5 Å². The highest BCUT2D eigenvalue weighted by Gasteiger charge is 2.24. The van der Waals surface area contributed by atoms with Gasteiger partial charge in [0.1, 0.15) is 0 Å². The number of rotatable bonds is 15. The molecule has 0 fully saturated rings. The van der Waals surface area contributed by atoms with Gasteiger partial charge in [-0.3, -0.25) is 4.52 Å². The molecular weight excluding hydrogens is 393 g/mol. The molecule has 0 heterocycles. The Morgan fingerprint density at radius 2 is 1.40 bits per heavy atom. The summed E-state index contributed by atoms with van der Waals surface area (Å²) in [6.07, 6.45) is 9.86. The number of nitrogens with two attached hydrogens (primary N) is 1. The van der Waals surface area contributed by atoms with Crippen molar-refractivity contribution in [2.45, 2.75) is 70.3 Å². The quantitative estimate of drug-likeness (QED) is 0.265. The minimum absolute atomic E-state index is 0.0980. The van der Waals surface area contributed by atoms with Crippen LogP contribution in [-0.4, -0.2) is 23.9 Å². The van der Waals surface area contributed by atoms with Gasteiger partial charge in [-0.15, -0.1) is 0 Å². The maximum absolute atomic E-state index is 10.4. The highest BCUT2D eigenvalue weighted by Crippen LogP contribution is 2.22. The molecule has 2 rings (SSSR count). The van der Waals surface area contributed by atoms with Crippen molar-refractivity contribution in [3.8, 4) is 11.1 Å². The molecular formula is C25H36NO3P. The predicted molar refractivity (Wildman–Crippen MR) is 125 cm³/mol. The summed E-state index contributed by atoms with van der Waals surface area (Å²) in [5, 5.41) is 9.44. The number of hydrogen-bond acceptors (Lipinski definition) is 4. The van der Waals surface area contributed by atoms with Gasteiger partial charge in [0, 0.05) is 0 Å². The highest BCUT2D eigenvalue weighted by atomic mass is 31.1. The van der Waals surface area contributed by atoms with Gasteiger partial charge in [0.25, 0.3) is 0 Å². The Morgan fingerprint density at radius 1 is 0.867 bits per heavy atom. The van der Waals surface area contributed by atoms with Gasteiger partial charge in [0.05, 0.1) is 18.8 Å². The first-order valence-corrected chi connectivity index (χ1v) is 11.9. The fraction of sp³-hybridized carbons (Fsp3) is 0.520. The van der Waals surface area contributed by atoms with Crippen molar-refractivity contribution >= 4 is 8.69 Å². The van der Waals surface area contributed by atoms with Crippen LogP contribution < -0.4 is 5.73 Å². The molecule has 3 N–H and O–H groups in total. The van der Waals surface area contributed by atoms with E-state index in [0.717, 1.165) is 19.3 Å². The van der Waals surface area contributed by atoms with Gasteiger partial charge in [-0.2, -0.15) is 0 Å². The van der Waals surface area contributed by atoms with Gasteiger partial charge in [-0.1, -0.05) is 81.1 Å². The molecule has 2 aromatic carbocycles. The highest BCUT2D eigenvalue weighted by molar-refractivity contribution is 7.17. The summed E-state index contributed by atoms with van der Waals surface area (Å²) in [5.74, 6) is 0. The Bertz CT molecular complexity index is 733. The number of unbranched alkanes of at least 4 members (excludes halogenated alkanes) is 4. The molecule has 0 aliphatic rings. The van der Waals surface area contributed by atoms with Crippen molar-refractivity contribution in [3.63, 3.8) is 0 Å². The van der Waals surface area contributed by atoms with Crippen molar-refractivity contribution in [2.75, 3.05) is 13.2 Å². The normalized spacial score (nSPS) is 13.4. The SMILES string of the molecule is CCCCCCc1ccc(-c2ccc(CCCCC(N)(CO)COP=O)cc2)cc1. The van der Waals surface area contributed by atoms with E-state index in [0.29, 0.717) is 6.42 Å². The van der Waals surface area contributed by atoms with Gasteiger partial charge in [0.15, 0.2) is 0 Å². The summed E-state index contributed by atoms with van der Waals surface area (Å²) < 4.78 is 15.3. The minimum Gasteiger partial charge on any atom is -0.394 e. The average Bonchev–Trinajstić information content (AvgIpc) is 2.79. The molecule has 2 aromatic rings. The van der Waals surface area contributed by atoms with Crippen LogP contribution in [-0.2, 0) is 21.9 Å². The summed E-state index contributed by atoms with van der Waals surface area (Å²) in [5.41, 5.74) is 10.5. The van der Waals surface area contributed by atoms with Gasteiger partial charge in [-0.25, -0.2) is 4.57 Å². The predicted octanol–water partition coefficient (Wildman–Crippen LogP) is 6.10. The lowest BCUT2D eigenvalue weighted by atomic mass is 9.94. The second kappa shape index (κ2) is 13.7. The van der Waals surface area contributed by atoms with E-state index in [9.17, 15) is 9.67 Å². The second-order valence-electron chi connectivity index (χ2n) is 8.28. The molecule has 0 aliphatic heterocycles. The van der Waals surface area contributed by atoms with Gasteiger partial charge in [-0.05, 0) is 54.4 Å². The van der Waals surface area contributed by atoms with Crippen LogP contribution in [0.1, 0.15) is 63.0 Å². The van der Waals surface area contributed by atoms with E-state index in [2.05, 4.69) is 55.5 Å². The smallest absolute Gasteiger partial charge is 0.327 e. The van der Waals surface area contributed by atoms with E-state index in [4.69, 9.17) is 10.3 Å². The Morgan fingerprint density at radius 3 is 1.87 bits per heavy atom. The first kappa shape index (κ1) is 24.7. The van der Waals surface area contributed by atoms with Gasteiger partial charge >= 0.3 is 8.69 Å². The van der Waals surface area contributed by atoms with Crippen molar-refractivity contribution in [1.82, 2.24) is 0 Å². The van der Waals surface area contributed by atoms with E-state index in [-0.39, 0.29) is 13.2 Å². The summed E-state index contributed by atoms with van der Waals surface area (Å²) >= 11 is 0. The Hall–Kier alpha value is -1.58. The number of aliphatic hydroxyl groups is 1. The van der Waals surface area contributed by atoms with E-state index < -0.39 is 14.2 Å². The summed E-state index contributed by atoms with van der Waals surface area (Å²) in [7, 11) is -0.397. The molecule has 0 amide bonds. The average molecular weight is 430 g/mol. The molecule has 0 aromatic heterocycles. The molecule has 164 valence electrons. The summed E-state index contributed by atoms with van der Waals surface area (Å²) in [6, 6.07) is 17.7. The fourth-order valence-electron chi connectivity index (χ4n) is 3.64. The first-order valence-electron chi connectivity index (χ1n) is 11.1. The molecule has 0 saturated heterocycles. The van der Waals surface area contributed by atoms with Crippen LogP contribution in [0.3, 0.4) is 0 Å². The van der Waals surface area contributed by atoms with Crippen LogP contribution in [0.4, 0.5) is 0 Å². The lowest BCUT2D eigenvalue weighted by Gasteiger charge is -2.25. The molecule has 0 bridgehead atoms. The number of aliphatic hydroxyl groups excluding tert-OH is 1. The van der Waals surface area contributed by atoms with Crippen molar-refractivity contribution in [3.05, 3.63) is 59.7 Å². The van der Waals surface area contributed by atoms with E-state index in [1.807, 2.05) is 0 Å².